The van der Waals surface area contributed by atoms with Crippen molar-refractivity contribution in [2.75, 3.05) is 12.8 Å². The van der Waals surface area contributed by atoms with Crippen molar-refractivity contribution in [2.24, 2.45) is 5.73 Å². The van der Waals surface area contributed by atoms with E-state index in [4.69, 9.17) is 17.3 Å². The quantitative estimate of drug-likeness (QED) is 0.761. The summed E-state index contributed by atoms with van der Waals surface area (Å²) in [6, 6.07) is 6.06. The Labute approximate surface area is 82.3 Å². The molecule has 0 aliphatic rings. The van der Waals surface area contributed by atoms with Crippen molar-refractivity contribution in [3.05, 3.63) is 28.8 Å². The number of thioether (sulfide) groups is 1. The van der Waals surface area contributed by atoms with Gasteiger partial charge in [-0.15, -0.1) is 11.8 Å². The molecule has 66 valence electrons. The first-order valence-corrected chi connectivity index (χ1v) is 5.40. The third-order valence-corrected chi connectivity index (χ3v) is 2.53. The first-order chi connectivity index (χ1) is 5.76. The SMILES string of the molecule is CSc1cc(Cl)cc(CCN)c1. The lowest BCUT2D eigenvalue weighted by atomic mass is 10.1. The minimum atomic E-state index is 0.675. The minimum Gasteiger partial charge on any atom is -0.330 e. The maximum Gasteiger partial charge on any atom is 0.0419 e. The molecule has 1 nitrogen and oxygen atoms in total. The largest absolute Gasteiger partial charge is 0.330 e. The fraction of sp³-hybridized carbons (Fsp3) is 0.333. The minimum absolute atomic E-state index is 0.675. The first kappa shape index (κ1) is 9.90. The predicted octanol–water partition coefficient (Wildman–Crippen LogP) is 2.56. The normalized spacial score (nSPS) is 10.2. The Balaban J connectivity index is 2.90. The Kier molecular flexibility index (Phi) is 3.92. The van der Waals surface area contributed by atoms with E-state index in [1.165, 1.54) is 10.5 Å². The van der Waals surface area contributed by atoms with Crippen molar-refractivity contribution >= 4 is 23.4 Å². The van der Waals surface area contributed by atoms with E-state index in [0.717, 1.165) is 11.4 Å². The van der Waals surface area contributed by atoms with Crippen LogP contribution in [0.25, 0.3) is 0 Å². The number of hydrogen-bond acceptors (Lipinski definition) is 2. The number of benzene rings is 1. The molecule has 0 amide bonds. The standard InChI is InChI=1S/C9H12ClNS/c1-12-9-5-7(2-3-11)4-8(10)6-9/h4-6H,2-3,11H2,1H3. The Morgan fingerprint density at radius 2 is 2.17 bits per heavy atom. The van der Waals surface area contributed by atoms with Crippen LogP contribution in [0, 0.1) is 0 Å². The van der Waals surface area contributed by atoms with Gasteiger partial charge in [0.1, 0.15) is 0 Å². The molecule has 0 unspecified atom stereocenters. The molecule has 0 heterocycles. The van der Waals surface area contributed by atoms with E-state index in [-0.39, 0.29) is 0 Å². The molecule has 1 rings (SSSR count). The summed E-state index contributed by atoms with van der Waals surface area (Å²) in [5.41, 5.74) is 6.67. The van der Waals surface area contributed by atoms with Crippen molar-refractivity contribution in [1.29, 1.82) is 0 Å². The molecule has 1 aromatic carbocycles. The van der Waals surface area contributed by atoms with Gasteiger partial charge in [0.25, 0.3) is 0 Å². The van der Waals surface area contributed by atoms with Crippen molar-refractivity contribution in [1.82, 2.24) is 0 Å². The van der Waals surface area contributed by atoms with Crippen molar-refractivity contribution in [2.45, 2.75) is 11.3 Å². The third kappa shape index (κ3) is 2.70. The molecule has 0 atom stereocenters. The average Bonchev–Trinajstić information content (AvgIpc) is 2.04. The smallest absolute Gasteiger partial charge is 0.0419 e. The number of rotatable bonds is 3. The molecule has 0 saturated heterocycles. The highest BCUT2D eigenvalue weighted by Gasteiger charge is 1.97. The lowest BCUT2D eigenvalue weighted by Gasteiger charge is -2.02. The van der Waals surface area contributed by atoms with E-state index in [2.05, 4.69) is 6.07 Å². The first-order valence-electron chi connectivity index (χ1n) is 3.80. The molecule has 0 fully saturated rings. The monoisotopic (exact) mass is 201 g/mol. The van der Waals surface area contributed by atoms with E-state index in [1.807, 2.05) is 18.4 Å². The van der Waals surface area contributed by atoms with E-state index in [0.29, 0.717) is 6.54 Å². The van der Waals surface area contributed by atoms with Crippen LogP contribution in [0.2, 0.25) is 5.02 Å². The van der Waals surface area contributed by atoms with Crippen LogP contribution in [0.4, 0.5) is 0 Å². The Hall–Kier alpha value is -0.180. The van der Waals surface area contributed by atoms with Gasteiger partial charge in [-0.05, 0) is 43.0 Å². The molecule has 0 saturated carbocycles. The molecule has 1 aromatic rings. The second kappa shape index (κ2) is 4.75. The van der Waals surface area contributed by atoms with Crippen molar-refractivity contribution in [3.8, 4) is 0 Å². The molecule has 0 spiro atoms. The molecule has 0 aliphatic carbocycles. The Morgan fingerprint density at radius 3 is 2.75 bits per heavy atom. The van der Waals surface area contributed by atoms with E-state index < -0.39 is 0 Å². The van der Waals surface area contributed by atoms with Crippen LogP contribution in [0.5, 0.6) is 0 Å². The average molecular weight is 202 g/mol. The summed E-state index contributed by atoms with van der Waals surface area (Å²) in [6.45, 7) is 0.675. The van der Waals surface area contributed by atoms with E-state index in [1.54, 1.807) is 11.8 Å². The van der Waals surface area contributed by atoms with Gasteiger partial charge in [-0.1, -0.05) is 11.6 Å². The summed E-state index contributed by atoms with van der Waals surface area (Å²) in [6.07, 6.45) is 2.94. The molecule has 0 aromatic heterocycles. The molecule has 3 heteroatoms. The van der Waals surface area contributed by atoms with Gasteiger partial charge in [-0.2, -0.15) is 0 Å². The zero-order chi connectivity index (χ0) is 8.97. The number of halogens is 1. The van der Waals surface area contributed by atoms with Gasteiger partial charge in [0.2, 0.25) is 0 Å². The fourth-order valence-electron chi connectivity index (χ4n) is 1.05. The number of hydrogen-bond donors (Lipinski definition) is 1. The molecular formula is C9H12ClNS. The van der Waals surface area contributed by atoms with Gasteiger partial charge in [0.05, 0.1) is 0 Å². The topological polar surface area (TPSA) is 26.0 Å². The maximum absolute atomic E-state index is 5.91. The van der Waals surface area contributed by atoms with Crippen LogP contribution < -0.4 is 5.73 Å². The molecule has 2 N–H and O–H groups in total. The fourth-order valence-corrected chi connectivity index (χ4v) is 1.89. The summed E-state index contributed by atoms with van der Waals surface area (Å²) < 4.78 is 0. The highest BCUT2D eigenvalue weighted by molar-refractivity contribution is 7.98. The predicted molar refractivity (Wildman–Crippen MR) is 56.0 cm³/mol. The zero-order valence-corrected chi connectivity index (χ0v) is 8.58. The van der Waals surface area contributed by atoms with Crippen molar-refractivity contribution < 1.29 is 0 Å². The van der Waals surface area contributed by atoms with Crippen LogP contribution in [0.15, 0.2) is 23.1 Å². The molecule has 12 heavy (non-hydrogen) atoms. The van der Waals surface area contributed by atoms with Gasteiger partial charge in [0.15, 0.2) is 0 Å². The van der Waals surface area contributed by atoms with Crippen LogP contribution >= 0.6 is 23.4 Å². The summed E-state index contributed by atoms with van der Waals surface area (Å²) >= 11 is 7.61. The molecule has 0 aliphatic heterocycles. The highest BCUT2D eigenvalue weighted by atomic mass is 35.5. The van der Waals surface area contributed by atoms with Gasteiger partial charge in [-0.25, -0.2) is 0 Å². The lowest BCUT2D eigenvalue weighted by molar-refractivity contribution is 0.964. The van der Waals surface area contributed by atoms with Crippen LogP contribution in [0.1, 0.15) is 5.56 Å². The lowest BCUT2D eigenvalue weighted by Crippen LogP contribution is -2.02. The van der Waals surface area contributed by atoms with Crippen LogP contribution in [-0.2, 0) is 6.42 Å². The summed E-state index contributed by atoms with van der Waals surface area (Å²) in [4.78, 5) is 1.20. The van der Waals surface area contributed by atoms with Crippen molar-refractivity contribution in [3.63, 3.8) is 0 Å². The second-order valence-corrected chi connectivity index (χ2v) is 3.85. The van der Waals surface area contributed by atoms with E-state index in [9.17, 15) is 0 Å². The summed E-state index contributed by atoms with van der Waals surface area (Å²) in [5.74, 6) is 0. The van der Waals surface area contributed by atoms with Gasteiger partial charge in [0, 0.05) is 9.92 Å². The van der Waals surface area contributed by atoms with Gasteiger partial charge < -0.3 is 5.73 Å². The van der Waals surface area contributed by atoms with Gasteiger partial charge in [-0.3, -0.25) is 0 Å². The Morgan fingerprint density at radius 1 is 1.42 bits per heavy atom. The molecule has 0 bridgehead atoms. The summed E-state index contributed by atoms with van der Waals surface area (Å²) in [7, 11) is 0. The van der Waals surface area contributed by atoms with Crippen LogP contribution in [-0.4, -0.2) is 12.8 Å². The van der Waals surface area contributed by atoms with E-state index >= 15 is 0 Å². The highest BCUT2D eigenvalue weighted by Crippen LogP contribution is 2.22. The second-order valence-electron chi connectivity index (χ2n) is 2.54. The maximum atomic E-state index is 5.91. The summed E-state index contributed by atoms with van der Waals surface area (Å²) in [5, 5.41) is 0.797. The molecular weight excluding hydrogens is 190 g/mol. The zero-order valence-electron chi connectivity index (χ0n) is 7.01. The van der Waals surface area contributed by atoms with Gasteiger partial charge >= 0.3 is 0 Å². The van der Waals surface area contributed by atoms with Crippen LogP contribution in [0.3, 0.4) is 0 Å². The number of nitrogens with two attached hydrogens (primary N) is 1. The molecule has 0 radical (unpaired) electrons. The third-order valence-electron chi connectivity index (χ3n) is 1.60. The Bertz CT molecular complexity index is 263.